The van der Waals surface area contributed by atoms with Gasteiger partial charge in [0.25, 0.3) is 0 Å². The zero-order valence-corrected chi connectivity index (χ0v) is 18.2. The number of hydrogen-bond donors (Lipinski definition) is 1. The third-order valence-corrected chi connectivity index (χ3v) is 7.17. The Morgan fingerprint density at radius 1 is 1.13 bits per heavy atom. The molecule has 0 saturated heterocycles. The van der Waals surface area contributed by atoms with Gasteiger partial charge in [0.15, 0.2) is 0 Å². The van der Waals surface area contributed by atoms with Crippen molar-refractivity contribution < 1.29 is 14.6 Å². The molecule has 1 N–H and O–H groups in total. The van der Waals surface area contributed by atoms with Gasteiger partial charge in [-0.25, -0.2) is 0 Å². The minimum absolute atomic E-state index is 0.119. The lowest BCUT2D eigenvalue weighted by Crippen LogP contribution is -2.52. The molecule has 4 nitrogen and oxygen atoms in total. The number of methoxy groups -OCH3 is 1. The Bertz CT molecular complexity index is 1170. The summed E-state index contributed by atoms with van der Waals surface area (Å²) in [4.78, 5) is 0. The van der Waals surface area contributed by atoms with Crippen LogP contribution in [-0.2, 0) is 12.8 Å². The fourth-order valence-corrected chi connectivity index (χ4v) is 5.38. The van der Waals surface area contributed by atoms with Crippen molar-refractivity contribution in [2.24, 2.45) is 0 Å². The van der Waals surface area contributed by atoms with Crippen molar-refractivity contribution in [3.05, 3.63) is 70.8 Å². The summed E-state index contributed by atoms with van der Waals surface area (Å²) in [6.07, 6.45) is 5.12. The lowest BCUT2D eigenvalue weighted by Gasteiger charge is -2.52. The van der Waals surface area contributed by atoms with E-state index in [1.165, 1.54) is 16.7 Å². The van der Waals surface area contributed by atoms with Crippen molar-refractivity contribution in [2.45, 2.75) is 57.0 Å². The fourth-order valence-electron chi connectivity index (χ4n) is 5.38. The third-order valence-electron chi connectivity index (χ3n) is 7.17. The van der Waals surface area contributed by atoms with Crippen molar-refractivity contribution in [2.75, 3.05) is 7.11 Å². The molecule has 160 valence electrons. The van der Waals surface area contributed by atoms with Crippen LogP contribution in [0.5, 0.6) is 11.5 Å². The van der Waals surface area contributed by atoms with Gasteiger partial charge in [0, 0.05) is 11.3 Å². The summed E-state index contributed by atoms with van der Waals surface area (Å²) in [5.41, 5.74) is 4.87. The molecule has 1 heterocycles. The highest BCUT2D eigenvalue weighted by molar-refractivity contribution is 5.92. The molecule has 0 aromatic heterocycles. The highest BCUT2D eigenvalue weighted by atomic mass is 16.5. The molecule has 4 heteroatoms. The van der Waals surface area contributed by atoms with Crippen molar-refractivity contribution in [3.63, 3.8) is 0 Å². The van der Waals surface area contributed by atoms with Crippen LogP contribution in [0.15, 0.2) is 48.5 Å². The van der Waals surface area contributed by atoms with Gasteiger partial charge in [0.2, 0.25) is 0 Å². The van der Waals surface area contributed by atoms with Crippen LogP contribution in [0.4, 0.5) is 0 Å². The van der Waals surface area contributed by atoms with Crippen molar-refractivity contribution in [1.82, 2.24) is 0 Å². The standard InChI is InChI=1S/C27H29NO3/c1-17-3-8-24-20(15-17)11-13-27(31-24)14-12-23(27)19-4-7-21-22(16-19)18(6-10-26(28)29)5-9-25(21)30-2/h3-5,7-9,15-16,23H,6,10-14H2,1-2H3,(H2,28,29)/p-1. The molecule has 1 fully saturated rings. The van der Waals surface area contributed by atoms with Crippen LogP contribution in [-0.4, -0.2) is 18.6 Å². The Kier molecular flexibility index (Phi) is 4.88. The SMILES string of the molecule is COc1ccc(CCC(=N)[O-])c2cc(C3CCC34CCc3cc(C)ccc3O4)ccc12. The predicted molar refractivity (Wildman–Crippen MR) is 121 cm³/mol. The normalized spacial score (nSPS) is 21.9. The first-order valence-electron chi connectivity index (χ1n) is 11.1. The Morgan fingerprint density at radius 3 is 2.74 bits per heavy atom. The largest absolute Gasteiger partial charge is 0.862 e. The van der Waals surface area contributed by atoms with Crippen molar-refractivity contribution in [1.29, 1.82) is 5.41 Å². The molecule has 1 spiro atoms. The molecular formula is C27H28NO3-. The summed E-state index contributed by atoms with van der Waals surface area (Å²) in [7, 11) is 1.69. The Balaban J connectivity index is 1.51. The van der Waals surface area contributed by atoms with Gasteiger partial charge in [-0.05, 0) is 85.6 Å². The van der Waals surface area contributed by atoms with Crippen LogP contribution in [0, 0.1) is 12.3 Å². The molecule has 5 rings (SSSR count). The highest BCUT2D eigenvalue weighted by Crippen LogP contribution is 2.54. The molecule has 0 amide bonds. The molecule has 2 aliphatic rings. The summed E-state index contributed by atoms with van der Waals surface area (Å²) in [5.74, 6) is 1.72. The number of nitrogens with one attached hydrogen (secondary N) is 1. The van der Waals surface area contributed by atoms with E-state index in [1.54, 1.807) is 7.11 Å². The molecule has 0 radical (unpaired) electrons. The van der Waals surface area contributed by atoms with E-state index in [0.717, 1.165) is 53.5 Å². The summed E-state index contributed by atoms with van der Waals surface area (Å²) in [6, 6.07) is 17.1. The predicted octanol–water partition coefficient (Wildman–Crippen LogP) is 5.07. The molecule has 1 aliphatic carbocycles. The topological polar surface area (TPSA) is 65.4 Å². The number of hydrogen-bond acceptors (Lipinski definition) is 4. The molecule has 31 heavy (non-hydrogen) atoms. The van der Waals surface area contributed by atoms with Gasteiger partial charge in [-0.1, -0.05) is 42.0 Å². The Morgan fingerprint density at radius 2 is 2.00 bits per heavy atom. The van der Waals surface area contributed by atoms with E-state index in [-0.39, 0.29) is 12.0 Å². The lowest BCUT2D eigenvalue weighted by atomic mass is 9.62. The van der Waals surface area contributed by atoms with Gasteiger partial charge in [-0.3, -0.25) is 0 Å². The molecule has 2 atom stereocenters. The summed E-state index contributed by atoms with van der Waals surface area (Å²) in [6.45, 7) is 2.13. The van der Waals surface area contributed by atoms with Crippen molar-refractivity contribution >= 4 is 16.7 Å². The van der Waals surface area contributed by atoms with E-state index in [0.29, 0.717) is 12.3 Å². The maximum absolute atomic E-state index is 11.3. The summed E-state index contributed by atoms with van der Waals surface area (Å²) in [5, 5.41) is 20.7. The van der Waals surface area contributed by atoms with Gasteiger partial charge in [-0.2, -0.15) is 0 Å². The first kappa shape index (κ1) is 19.9. The molecule has 3 aromatic carbocycles. The Labute approximate surface area is 183 Å². The first-order chi connectivity index (χ1) is 15.0. The highest BCUT2D eigenvalue weighted by Gasteiger charge is 2.51. The number of benzene rings is 3. The van der Waals surface area contributed by atoms with Gasteiger partial charge in [-0.15, -0.1) is 0 Å². The number of rotatable bonds is 5. The maximum Gasteiger partial charge on any atom is 0.126 e. The quantitative estimate of drug-likeness (QED) is 0.468. The van der Waals surface area contributed by atoms with E-state index < -0.39 is 5.90 Å². The van der Waals surface area contributed by atoms with Gasteiger partial charge in [0.1, 0.15) is 17.1 Å². The maximum atomic E-state index is 11.3. The second kappa shape index (κ2) is 7.60. The number of ether oxygens (including phenoxy) is 2. The number of aryl methyl sites for hydroxylation is 3. The molecule has 2 unspecified atom stereocenters. The summed E-state index contributed by atoms with van der Waals surface area (Å²) >= 11 is 0. The molecular weight excluding hydrogens is 386 g/mol. The van der Waals surface area contributed by atoms with E-state index >= 15 is 0 Å². The van der Waals surface area contributed by atoms with E-state index in [4.69, 9.17) is 14.9 Å². The van der Waals surface area contributed by atoms with Gasteiger partial charge in [0.05, 0.1) is 7.11 Å². The van der Waals surface area contributed by atoms with Crippen LogP contribution in [0.1, 0.15) is 53.9 Å². The van der Waals surface area contributed by atoms with Crippen LogP contribution in [0.3, 0.4) is 0 Å². The second-order valence-electron chi connectivity index (χ2n) is 9.02. The zero-order chi connectivity index (χ0) is 21.6. The Hall–Kier alpha value is -3.01. The monoisotopic (exact) mass is 414 g/mol. The third kappa shape index (κ3) is 3.44. The molecule has 1 saturated carbocycles. The second-order valence-corrected chi connectivity index (χ2v) is 9.02. The van der Waals surface area contributed by atoms with Crippen LogP contribution >= 0.6 is 0 Å². The van der Waals surface area contributed by atoms with Gasteiger partial charge >= 0.3 is 0 Å². The van der Waals surface area contributed by atoms with Gasteiger partial charge < -0.3 is 20.0 Å². The molecule has 1 aliphatic heterocycles. The molecule has 0 bridgehead atoms. The van der Waals surface area contributed by atoms with Crippen LogP contribution in [0.2, 0.25) is 0 Å². The summed E-state index contributed by atoms with van der Waals surface area (Å²) < 4.78 is 12.2. The average Bonchev–Trinajstić information content (AvgIpc) is 2.76. The smallest absolute Gasteiger partial charge is 0.126 e. The van der Waals surface area contributed by atoms with E-state index in [9.17, 15) is 5.11 Å². The van der Waals surface area contributed by atoms with E-state index in [1.807, 2.05) is 12.1 Å². The van der Waals surface area contributed by atoms with Crippen LogP contribution < -0.4 is 14.6 Å². The van der Waals surface area contributed by atoms with Crippen molar-refractivity contribution in [3.8, 4) is 11.5 Å². The number of fused-ring (bicyclic) bond motifs is 2. The average molecular weight is 415 g/mol. The minimum Gasteiger partial charge on any atom is -0.862 e. The minimum atomic E-state index is -0.525. The lowest BCUT2D eigenvalue weighted by molar-refractivity contribution is -0.220. The van der Waals surface area contributed by atoms with E-state index in [2.05, 4.69) is 43.3 Å². The first-order valence-corrected chi connectivity index (χ1v) is 11.1. The zero-order valence-electron chi connectivity index (χ0n) is 18.2. The fraction of sp³-hybridized carbons (Fsp3) is 0.370. The van der Waals surface area contributed by atoms with Crippen LogP contribution in [0.25, 0.3) is 10.8 Å². The molecule has 3 aromatic rings.